The highest BCUT2D eigenvalue weighted by molar-refractivity contribution is 7.20. The lowest BCUT2D eigenvalue weighted by atomic mass is 10.1. The van der Waals surface area contributed by atoms with Crippen LogP contribution in [0.4, 0.5) is 0 Å². The van der Waals surface area contributed by atoms with E-state index in [1.807, 2.05) is 46.8 Å². The molecular formula is C19H18ClN3OS. The highest BCUT2D eigenvalue weighted by Gasteiger charge is 2.23. The molecule has 0 unspecified atom stereocenters. The van der Waals surface area contributed by atoms with Crippen molar-refractivity contribution >= 4 is 39.1 Å². The summed E-state index contributed by atoms with van der Waals surface area (Å²) in [4.78, 5) is 16.5. The Hall–Kier alpha value is -2.11. The van der Waals surface area contributed by atoms with Gasteiger partial charge in [0, 0.05) is 23.5 Å². The van der Waals surface area contributed by atoms with E-state index in [4.69, 9.17) is 11.6 Å². The van der Waals surface area contributed by atoms with Crippen LogP contribution in [0.1, 0.15) is 28.2 Å². The van der Waals surface area contributed by atoms with Crippen molar-refractivity contribution in [2.75, 3.05) is 13.1 Å². The van der Waals surface area contributed by atoms with E-state index in [1.54, 1.807) is 0 Å². The summed E-state index contributed by atoms with van der Waals surface area (Å²) in [5.41, 5.74) is 3.05. The zero-order valence-electron chi connectivity index (χ0n) is 14.0. The number of carbonyl (C=O) groups excluding carboxylic acids is 1. The van der Waals surface area contributed by atoms with E-state index in [2.05, 4.69) is 11.7 Å². The first-order chi connectivity index (χ1) is 12.0. The van der Waals surface area contributed by atoms with Crippen molar-refractivity contribution in [3.05, 3.63) is 58.1 Å². The second kappa shape index (κ2) is 6.32. The van der Waals surface area contributed by atoms with Gasteiger partial charge in [-0.2, -0.15) is 5.10 Å². The Balaban J connectivity index is 1.72. The fourth-order valence-electron chi connectivity index (χ4n) is 3.12. The molecule has 3 aromatic rings. The number of aromatic nitrogens is 2. The van der Waals surface area contributed by atoms with Gasteiger partial charge < -0.3 is 4.90 Å². The average Bonchev–Trinajstić information content (AvgIpc) is 3.16. The maximum absolute atomic E-state index is 12.8. The van der Waals surface area contributed by atoms with E-state index in [0.717, 1.165) is 52.4 Å². The van der Waals surface area contributed by atoms with Crippen LogP contribution in [0, 0.1) is 6.92 Å². The highest BCUT2D eigenvalue weighted by Crippen LogP contribution is 2.32. The molecule has 0 atom stereocenters. The number of piperidine rings is 1. The Labute approximate surface area is 155 Å². The summed E-state index contributed by atoms with van der Waals surface area (Å²) < 4.78 is 1.87. The number of halogens is 1. The molecule has 128 valence electrons. The van der Waals surface area contributed by atoms with Crippen LogP contribution in [0.5, 0.6) is 0 Å². The molecule has 3 heterocycles. The largest absolute Gasteiger partial charge is 0.337 e. The summed E-state index contributed by atoms with van der Waals surface area (Å²) in [5.74, 6) is 0.103. The van der Waals surface area contributed by atoms with Gasteiger partial charge in [0.05, 0.1) is 16.3 Å². The molecule has 1 saturated heterocycles. The summed E-state index contributed by atoms with van der Waals surface area (Å²) in [5, 5.41) is 6.31. The third-order valence-electron chi connectivity index (χ3n) is 4.57. The zero-order chi connectivity index (χ0) is 17.6. The Morgan fingerprint density at radius 2 is 2.04 bits per heavy atom. The standard InChI is InChI=1S/C19H18ClN3OS/c1-12-6-8-22(9-7-12)18(24)17-11-16-13(2)21-23(19(16)25-17)15-5-3-4-14(20)10-15/h3-5,10-11H,1,6-9H2,2H3. The van der Waals surface area contributed by atoms with Crippen LogP contribution in [0.25, 0.3) is 15.9 Å². The molecule has 0 bridgehead atoms. The molecule has 0 spiro atoms. The first kappa shape index (κ1) is 16.4. The van der Waals surface area contributed by atoms with Crippen LogP contribution >= 0.6 is 22.9 Å². The molecule has 1 aromatic carbocycles. The molecular weight excluding hydrogens is 354 g/mol. The lowest BCUT2D eigenvalue weighted by Crippen LogP contribution is -2.35. The lowest BCUT2D eigenvalue weighted by Gasteiger charge is -2.27. The Morgan fingerprint density at radius 1 is 1.28 bits per heavy atom. The molecule has 4 nitrogen and oxygen atoms in total. The molecule has 0 aliphatic carbocycles. The first-order valence-corrected chi connectivity index (χ1v) is 9.43. The normalized spacial score (nSPS) is 15.1. The zero-order valence-corrected chi connectivity index (χ0v) is 15.5. The van der Waals surface area contributed by atoms with Crippen molar-refractivity contribution in [2.45, 2.75) is 19.8 Å². The summed E-state index contributed by atoms with van der Waals surface area (Å²) >= 11 is 7.61. The Kier molecular flexibility index (Phi) is 4.13. The van der Waals surface area contributed by atoms with Crippen LogP contribution in [0.2, 0.25) is 5.02 Å². The third kappa shape index (κ3) is 2.98. The van der Waals surface area contributed by atoms with E-state index in [0.29, 0.717) is 5.02 Å². The van der Waals surface area contributed by atoms with Crippen LogP contribution in [0.15, 0.2) is 42.5 Å². The first-order valence-electron chi connectivity index (χ1n) is 8.24. The van der Waals surface area contributed by atoms with Crippen LogP contribution < -0.4 is 0 Å². The minimum Gasteiger partial charge on any atom is -0.337 e. The molecule has 0 saturated carbocycles. The molecule has 0 N–H and O–H groups in total. The number of hydrogen-bond acceptors (Lipinski definition) is 3. The van der Waals surface area contributed by atoms with Gasteiger partial charge in [-0.3, -0.25) is 4.79 Å². The van der Waals surface area contributed by atoms with Gasteiger partial charge in [0.2, 0.25) is 0 Å². The van der Waals surface area contributed by atoms with Crippen molar-refractivity contribution in [3.63, 3.8) is 0 Å². The summed E-state index contributed by atoms with van der Waals surface area (Å²) in [7, 11) is 0. The smallest absolute Gasteiger partial charge is 0.264 e. The van der Waals surface area contributed by atoms with Crippen LogP contribution in [0.3, 0.4) is 0 Å². The van der Waals surface area contributed by atoms with Gasteiger partial charge in [0.15, 0.2) is 0 Å². The van der Waals surface area contributed by atoms with Crippen LogP contribution in [-0.4, -0.2) is 33.7 Å². The molecule has 1 amide bonds. The van der Waals surface area contributed by atoms with Crippen molar-refractivity contribution < 1.29 is 4.79 Å². The summed E-state index contributed by atoms with van der Waals surface area (Å²) in [6.07, 6.45) is 1.79. The Morgan fingerprint density at radius 3 is 2.76 bits per heavy atom. The van der Waals surface area contributed by atoms with Gasteiger partial charge in [-0.15, -0.1) is 11.3 Å². The van der Waals surface area contributed by atoms with Gasteiger partial charge in [0.1, 0.15) is 4.83 Å². The number of thiophene rings is 1. The maximum Gasteiger partial charge on any atom is 0.264 e. The number of hydrogen-bond donors (Lipinski definition) is 0. The predicted molar refractivity (Wildman–Crippen MR) is 103 cm³/mol. The van der Waals surface area contributed by atoms with Crippen molar-refractivity contribution in [3.8, 4) is 5.69 Å². The quantitative estimate of drug-likeness (QED) is 0.604. The number of rotatable bonds is 2. The molecule has 25 heavy (non-hydrogen) atoms. The number of nitrogens with zero attached hydrogens (tertiary/aromatic N) is 3. The number of fused-ring (bicyclic) bond motifs is 1. The number of likely N-dealkylation sites (tertiary alicyclic amines) is 1. The van der Waals surface area contributed by atoms with E-state index in [1.165, 1.54) is 16.9 Å². The maximum atomic E-state index is 12.8. The van der Waals surface area contributed by atoms with Gasteiger partial charge in [-0.1, -0.05) is 29.8 Å². The van der Waals surface area contributed by atoms with E-state index < -0.39 is 0 Å². The van der Waals surface area contributed by atoms with Crippen molar-refractivity contribution in [2.24, 2.45) is 0 Å². The van der Waals surface area contributed by atoms with Gasteiger partial charge in [-0.25, -0.2) is 4.68 Å². The highest BCUT2D eigenvalue weighted by atomic mass is 35.5. The second-order valence-corrected chi connectivity index (χ2v) is 7.82. The number of amides is 1. The molecule has 0 radical (unpaired) electrons. The number of carbonyl (C=O) groups is 1. The predicted octanol–water partition coefficient (Wildman–Crippen LogP) is 4.84. The van der Waals surface area contributed by atoms with Gasteiger partial charge in [0.25, 0.3) is 5.91 Å². The molecule has 4 rings (SSSR count). The van der Waals surface area contributed by atoms with Crippen molar-refractivity contribution in [1.82, 2.24) is 14.7 Å². The van der Waals surface area contributed by atoms with E-state index in [-0.39, 0.29) is 5.91 Å². The summed E-state index contributed by atoms with van der Waals surface area (Å²) in [6.45, 7) is 7.49. The molecule has 2 aromatic heterocycles. The van der Waals surface area contributed by atoms with Crippen molar-refractivity contribution in [1.29, 1.82) is 0 Å². The van der Waals surface area contributed by atoms with Gasteiger partial charge in [-0.05, 0) is 44.0 Å². The monoisotopic (exact) mass is 371 g/mol. The van der Waals surface area contributed by atoms with Gasteiger partial charge >= 0.3 is 0 Å². The Bertz CT molecular complexity index is 978. The molecule has 6 heteroatoms. The molecule has 1 fully saturated rings. The fraction of sp³-hybridized carbons (Fsp3) is 0.263. The second-order valence-electron chi connectivity index (χ2n) is 6.35. The topological polar surface area (TPSA) is 38.1 Å². The van der Waals surface area contributed by atoms with E-state index >= 15 is 0 Å². The lowest BCUT2D eigenvalue weighted by molar-refractivity contribution is 0.0749. The molecule has 1 aliphatic rings. The minimum absolute atomic E-state index is 0.103. The van der Waals surface area contributed by atoms with E-state index in [9.17, 15) is 4.79 Å². The third-order valence-corrected chi connectivity index (χ3v) is 5.90. The number of aryl methyl sites for hydroxylation is 1. The summed E-state index contributed by atoms with van der Waals surface area (Å²) in [6, 6.07) is 9.56. The molecule has 1 aliphatic heterocycles. The average molecular weight is 372 g/mol. The fourth-order valence-corrected chi connectivity index (χ4v) is 4.45. The number of benzene rings is 1. The SMILES string of the molecule is C=C1CCN(C(=O)c2cc3c(C)nn(-c4cccc(Cl)c4)c3s2)CC1. The van der Waals surface area contributed by atoms with Crippen LogP contribution in [-0.2, 0) is 0 Å². The minimum atomic E-state index is 0.103.